The zero-order valence-corrected chi connectivity index (χ0v) is 8.60. The second-order valence-electron chi connectivity index (χ2n) is 3.75. The highest BCUT2D eigenvalue weighted by atomic mass is 16.7. The highest BCUT2D eigenvalue weighted by Gasteiger charge is 2.41. The van der Waals surface area contributed by atoms with Crippen LogP contribution in [0.15, 0.2) is 6.33 Å². The summed E-state index contributed by atoms with van der Waals surface area (Å²) in [5.41, 5.74) is 0. The Balaban J connectivity index is 2.16. The summed E-state index contributed by atoms with van der Waals surface area (Å²) in [6.07, 6.45) is 1.33. The maximum Gasteiger partial charge on any atom is 0.161 e. The number of H-pyrrole nitrogens is 1. The summed E-state index contributed by atoms with van der Waals surface area (Å²) in [7, 11) is 1.66. The molecule has 5 nitrogen and oxygen atoms in total. The minimum absolute atomic E-state index is 0.0301. The van der Waals surface area contributed by atoms with Crippen LogP contribution in [0.25, 0.3) is 0 Å². The van der Waals surface area contributed by atoms with Gasteiger partial charge in [0.15, 0.2) is 12.1 Å². The molecule has 14 heavy (non-hydrogen) atoms. The Labute approximate surface area is 82.8 Å². The molecule has 0 unspecified atom stereocenters. The third kappa shape index (κ3) is 1.42. The predicted molar refractivity (Wildman–Crippen MR) is 49.3 cm³/mol. The normalized spacial score (nSPS) is 37.6. The Hall–Kier alpha value is -0.940. The Morgan fingerprint density at radius 1 is 1.43 bits per heavy atom. The van der Waals surface area contributed by atoms with Crippen LogP contribution in [-0.4, -0.2) is 28.6 Å². The SMILES string of the molecule is CO[C@@H]1O[C@H](c2ncn[nH]2)[C@@H](C)[C@H]1C. The van der Waals surface area contributed by atoms with E-state index in [4.69, 9.17) is 9.47 Å². The van der Waals surface area contributed by atoms with E-state index >= 15 is 0 Å². The van der Waals surface area contributed by atoms with Crippen LogP contribution in [0.4, 0.5) is 0 Å². The van der Waals surface area contributed by atoms with Crippen molar-refractivity contribution in [1.29, 1.82) is 0 Å². The molecule has 1 aromatic heterocycles. The van der Waals surface area contributed by atoms with Gasteiger partial charge >= 0.3 is 0 Å². The summed E-state index contributed by atoms with van der Waals surface area (Å²) in [6.45, 7) is 4.26. The fraction of sp³-hybridized carbons (Fsp3) is 0.778. The minimum atomic E-state index is -0.139. The predicted octanol–water partition coefficient (Wildman–Crippen LogP) is 1.12. The van der Waals surface area contributed by atoms with Gasteiger partial charge in [-0.1, -0.05) is 13.8 Å². The van der Waals surface area contributed by atoms with Gasteiger partial charge in [0.05, 0.1) is 0 Å². The van der Waals surface area contributed by atoms with Crippen molar-refractivity contribution in [1.82, 2.24) is 15.2 Å². The standard InChI is InChI=1S/C9H15N3O2/c1-5-6(2)9(13-3)14-7(5)8-10-4-11-12-8/h4-7,9H,1-3H3,(H,10,11,12)/t5-,6+,7-,9+/m0/s1. The molecule has 0 aliphatic carbocycles. The Kier molecular flexibility index (Phi) is 2.52. The number of aromatic amines is 1. The van der Waals surface area contributed by atoms with Crippen molar-refractivity contribution in [2.24, 2.45) is 11.8 Å². The van der Waals surface area contributed by atoms with Crippen molar-refractivity contribution >= 4 is 0 Å². The van der Waals surface area contributed by atoms with Crippen molar-refractivity contribution in [2.45, 2.75) is 26.2 Å². The van der Waals surface area contributed by atoms with Crippen LogP contribution in [0.1, 0.15) is 25.8 Å². The van der Waals surface area contributed by atoms with Gasteiger partial charge in [-0.2, -0.15) is 5.10 Å². The van der Waals surface area contributed by atoms with Crippen molar-refractivity contribution in [2.75, 3.05) is 7.11 Å². The molecule has 78 valence electrons. The fourth-order valence-electron chi connectivity index (χ4n) is 1.85. The largest absolute Gasteiger partial charge is 0.356 e. The molecule has 5 heteroatoms. The Morgan fingerprint density at radius 3 is 2.71 bits per heavy atom. The number of nitrogens with zero attached hydrogens (tertiary/aromatic N) is 2. The van der Waals surface area contributed by atoms with Gasteiger partial charge in [0, 0.05) is 13.0 Å². The Bertz CT molecular complexity index is 288. The maximum absolute atomic E-state index is 5.72. The minimum Gasteiger partial charge on any atom is -0.356 e. The van der Waals surface area contributed by atoms with Gasteiger partial charge in [0.1, 0.15) is 12.4 Å². The molecule has 4 atom stereocenters. The molecule has 1 aliphatic heterocycles. The number of rotatable bonds is 2. The molecule has 1 aromatic rings. The third-order valence-electron chi connectivity index (χ3n) is 2.95. The molecular formula is C9H15N3O2. The van der Waals surface area contributed by atoms with E-state index in [9.17, 15) is 0 Å². The smallest absolute Gasteiger partial charge is 0.161 e. The number of hydrogen-bond acceptors (Lipinski definition) is 4. The molecule has 0 amide bonds. The van der Waals surface area contributed by atoms with Crippen LogP contribution in [0.2, 0.25) is 0 Å². The van der Waals surface area contributed by atoms with Crippen LogP contribution in [0, 0.1) is 11.8 Å². The first-order chi connectivity index (χ1) is 6.74. The highest BCUT2D eigenvalue weighted by molar-refractivity contribution is 4.95. The summed E-state index contributed by atoms with van der Waals surface area (Å²) >= 11 is 0. The fourth-order valence-corrected chi connectivity index (χ4v) is 1.85. The van der Waals surface area contributed by atoms with E-state index in [1.165, 1.54) is 6.33 Å². The summed E-state index contributed by atoms with van der Waals surface area (Å²) in [4.78, 5) is 4.10. The van der Waals surface area contributed by atoms with E-state index in [2.05, 4.69) is 29.0 Å². The van der Waals surface area contributed by atoms with Crippen LogP contribution in [-0.2, 0) is 9.47 Å². The van der Waals surface area contributed by atoms with E-state index < -0.39 is 0 Å². The van der Waals surface area contributed by atoms with Gasteiger partial charge in [-0.15, -0.1) is 0 Å². The first-order valence-electron chi connectivity index (χ1n) is 4.77. The zero-order valence-electron chi connectivity index (χ0n) is 8.60. The van der Waals surface area contributed by atoms with E-state index in [0.29, 0.717) is 11.8 Å². The second kappa shape index (κ2) is 3.67. The number of hydrogen-bond donors (Lipinski definition) is 1. The topological polar surface area (TPSA) is 60.0 Å². The van der Waals surface area contributed by atoms with Gasteiger partial charge in [0.25, 0.3) is 0 Å². The van der Waals surface area contributed by atoms with Crippen LogP contribution in [0.5, 0.6) is 0 Å². The average molecular weight is 197 g/mol. The number of methoxy groups -OCH3 is 1. The lowest BCUT2D eigenvalue weighted by Gasteiger charge is -2.13. The molecule has 1 saturated heterocycles. The lowest BCUT2D eigenvalue weighted by molar-refractivity contribution is -0.131. The van der Waals surface area contributed by atoms with Crippen molar-refractivity contribution in [3.05, 3.63) is 12.2 Å². The van der Waals surface area contributed by atoms with Crippen LogP contribution in [0.3, 0.4) is 0 Å². The summed E-state index contributed by atoms with van der Waals surface area (Å²) in [5, 5.41) is 6.65. The van der Waals surface area contributed by atoms with Gasteiger partial charge in [0.2, 0.25) is 0 Å². The van der Waals surface area contributed by atoms with E-state index in [1.807, 2.05) is 0 Å². The molecule has 0 spiro atoms. The van der Waals surface area contributed by atoms with E-state index in [1.54, 1.807) is 7.11 Å². The number of aromatic nitrogens is 3. The van der Waals surface area contributed by atoms with Gasteiger partial charge in [-0.05, 0) is 5.92 Å². The van der Waals surface area contributed by atoms with Crippen molar-refractivity contribution < 1.29 is 9.47 Å². The maximum atomic E-state index is 5.72. The van der Waals surface area contributed by atoms with Crippen molar-refractivity contribution in [3.8, 4) is 0 Å². The summed E-state index contributed by atoms with van der Waals surface area (Å²) in [6, 6.07) is 0. The molecule has 0 bridgehead atoms. The first-order valence-corrected chi connectivity index (χ1v) is 4.77. The van der Waals surface area contributed by atoms with E-state index in [-0.39, 0.29) is 12.4 Å². The molecule has 2 heterocycles. The molecule has 1 N–H and O–H groups in total. The molecular weight excluding hydrogens is 182 g/mol. The highest BCUT2D eigenvalue weighted by Crippen LogP contribution is 2.40. The molecule has 2 rings (SSSR count). The van der Waals surface area contributed by atoms with Gasteiger partial charge < -0.3 is 9.47 Å². The van der Waals surface area contributed by atoms with E-state index in [0.717, 1.165) is 5.82 Å². The van der Waals surface area contributed by atoms with Gasteiger partial charge in [-0.25, -0.2) is 4.98 Å². The molecule has 0 saturated carbocycles. The van der Waals surface area contributed by atoms with Gasteiger partial charge in [-0.3, -0.25) is 5.10 Å². The average Bonchev–Trinajstić information content (AvgIpc) is 2.78. The number of nitrogens with one attached hydrogen (secondary N) is 1. The van der Waals surface area contributed by atoms with Crippen LogP contribution >= 0.6 is 0 Å². The molecule has 0 radical (unpaired) electrons. The monoisotopic (exact) mass is 197 g/mol. The molecule has 1 aliphatic rings. The molecule has 0 aromatic carbocycles. The lowest BCUT2D eigenvalue weighted by Crippen LogP contribution is -2.17. The first kappa shape index (κ1) is 9.61. The zero-order chi connectivity index (χ0) is 10.1. The Morgan fingerprint density at radius 2 is 2.21 bits per heavy atom. The van der Waals surface area contributed by atoms with Crippen molar-refractivity contribution in [3.63, 3.8) is 0 Å². The third-order valence-corrected chi connectivity index (χ3v) is 2.95. The number of ether oxygens (including phenoxy) is 2. The summed E-state index contributed by atoms with van der Waals surface area (Å²) in [5.74, 6) is 1.53. The quantitative estimate of drug-likeness (QED) is 0.771. The lowest BCUT2D eigenvalue weighted by atomic mass is 9.93. The molecule has 1 fully saturated rings. The summed E-state index contributed by atoms with van der Waals surface area (Å²) < 4.78 is 11.0. The van der Waals surface area contributed by atoms with Crippen LogP contribution < -0.4 is 0 Å². The second-order valence-corrected chi connectivity index (χ2v) is 3.75.